The third-order valence-corrected chi connectivity index (χ3v) is 6.31. The molecule has 0 bridgehead atoms. The summed E-state index contributed by atoms with van der Waals surface area (Å²) in [6.07, 6.45) is 4.43. The van der Waals surface area contributed by atoms with Crippen LogP contribution in [0.3, 0.4) is 0 Å². The van der Waals surface area contributed by atoms with E-state index in [1.807, 2.05) is 49.7 Å². The van der Waals surface area contributed by atoms with Crippen molar-refractivity contribution < 1.29 is 13.7 Å². The number of amides is 1. The molecule has 1 fully saturated rings. The maximum absolute atomic E-state index is 12.6. The quantitative estimate of drug-likeness (QED) is 0.642. The lowest BCUT2D eigenvalue weighted by Crippen LogP contribution is -2.43. The number of hydrogen-bond acceptors (Lipinski definition) is 7. The molecule has 0 spiro atoms. The van der Waals surface area contributed by atoms with Crippen LogP contribution in [0.2, 0.25) is 0 Å². The Bertz CT molecular complexity index is 1170. The van der Waals surface area contributed by atoms with E-state index in [1.54, 1.807) is 11.2 Å². The molecule has 1 amide bonds. The van der Waals surface area contributed by atoms with Gasteiger partial charge in [0.2, 0.25) is 0 Å². The van der Waals surface area contributed by atoms with E-state index in [0.717, 1.165) is 23.3 Å². The number of fused-ring (bicyclic) bond motifs is 1. The largest absolute Gasteiger partial charge is 0.444 e. The van der Waals surface area contributed by atoms with Crippen LogP contribution in [-0.2, 0) is 15.5 Å². The van der Waals surface area contributed by atoms with Crippen molar-refractivity contribution in [3.05, 3.63) is 30.6 Å². The van der Waals surface area contributed by atoms with Crippen LogP contribution in [0.1, 0.15) is 39.7 Å². The molecule has 1 unspecified atom stereocenters. The van der Waals surface area contributed by atoms with E-state index in [2.05, 4.69) is 9.97 Å². The van der Waals surface area contributed by atoms with Gasteiger partial charge in [-0.2, -0.15) is 5.10 Å². The van der Waals surface area contributed by atoms with E-state index in [4.69, 9.17) is 15.6 Å². The Hall–Kier alpha value is -3.01. The highest BCUT2D eigenvalue weighted by atomic mass is 32.2. The Balaban J connectivity index is 1.71. The third-order valence-electron chi connectivity index (χ3n) is 5.37. The fraction of sp³-hybridized carbons (Fsp3) is 0.455. The number of nitrogen functional groups attached to an aromatic ring is 1. The van der Waals surface area contributed by atoms with Gasteiger partial charge in [-0.15, -0.1) is 0 Å². The van der Waals surface area contributed by atoms with Gasteiger partial charge in [0.1, 0.15) is 23.4 Å². The van der Waals surface area contributed by atoms with Crippen LogP contribution in [-0.4, -0.2) is 59.9 Å². The van der Waals surface area contributed by atoms with E-state index < -0.39 is 16.4 Å². The van der Waals surface area contributed by atoms with E-state index in [1.165, 1.54) is 6.33 Å². The Morgan fingerprint density at radius 1 is 1.22 bits per heavy atom. The van der Waals surface area contributed by atoms with Gasteiger partial charge < -0.3 is 15.4 Å². The smallest absolute Gasteiger partial charge is 0.410 e. The summed E-state index contributed by atoms with van der Waals surface area (Å²) in [7, 11) is -1.06. The Morgan fingerprint density at radius 2 is 1.94 bits per heavy atom. The molecule has 170 valence electrons. The van der Waals surface area contributed by atoms with Gasteiger partial charge in [-0.3, -0.25) is 4.21 Å². The molecule has 2 N–H and O–H groups in total. The number of carbonyl (C=O) groups is 1. The first-order valence-electron chi connectivity index (χ1n) is 10.5. The topological polar surface area (TPSA) is 116 Å². The first-order valence-corrected chi connectivity index (χ1v) is 12.1. The number of hydrogen-bond donors (Lipinski definition) is 1. The molecule has 3 aromatic rings. The lowest BCUT2D eigenvalue weighted by Gasteiger charge is -2.34. The van der Waals surface area contributed by atoms with Crippen molar-refractivity contribution >= 4 is 33.7 Å². The molecular formula is C22H28N6O3S. The minimum atomic E-state index is -1.06. The minimum Gasteiger partial charge on any atom is -0.444 e. The highest BCUT2D eigenvalue weighted by Crippen LogP contribution is 2.34. The van der Waals surface area contributed by atoms with E-state index in [9.17, 15) is 9.00 Å². The number of likely N-dealkylation sites (tertiary alicyclic amines) is 1. The molecule has 4 rings (SSSR count). The predicted molar refractivity (Wildman–Crippen MR) is 124 cm³/mol. The predicted octanol–water partition coefficient (Wildman–Crippen LogP) is 3.38. The van der Waals surface area contributed by atoms with Crippen LogP contribution in [0, 0.1) is 0 Å². The number of piperidine rings is 1. The monoisotopic (exact) mass is 456 g/mol. The van der Waals surface area contributed by atoms with Crippen LogP contribution in [0.25, 0.3) is 22.3 Å². The van der Waals surface area contributed by atoms with E-state index >= 15 is 0 Å². The van der Waals surface area contributed by atoms with Gasteiger partial charge >= 0.3 is 6.09 Å². The van der Waals surface area contributed by atoms with Crippen LogP contribution in [0.4, 0.5) is 10.6 Å². The van der Waals surface area contributed by atoms with Gasteiger partial charge in [-0.25, -0.2) is 19.4 Å². The molecule has 0 radical (unpaired) electrons. The molecule has 2 atom stereocenters. The Kier molecular flexibility index (Phi) is 5.89. The van der Waals surface area contributed by atoms with Gasteiger partial charge in [0.15, 0.2) is 5.65 Å². The van der Waals surface area contributed by atoms with Crippen molar-refractivity contribution in [2.75, 3.05) is 25.1 Å². The number of aromatic nitrogens is 4. The summed E-state index contributed by atoms with van der Waals surface area (Å²) in [5.74, 6) is 0.346. The molecule has 0 aliphatic carbocycles. The molecule has 1 saturated heterocycles. The highest BCUT2D eigenvalue weighted by Gasteiger charge is 2.31. The highest BCUT2D eigenvalue weighted by molar-refractivity contribution is 7.84. The normalized spacial score (nSPS) is 18.0. The van der Waals surface area contributed by atoms with E-state index in [-0.39, 0.29) is 12.1 Å². The summed E-state index contributed by atoms with van der Waals surface area (Å²) in [5, 5.41) is 5.54. The molecular weight excluding hydrogens is 428 g/mol. The number of carbonyl (C=O) groups excluding carboxylic acids is 1. The first kappa shape index (κ1) is 22.2. The van der Waals surface area contributed by atoms with Gasteiger partial charge in [0.25, 0.3) is 0 Å². The Labute approximate surface area is 189 Å². The maximum Gasteiger partial charge on any atom is 0.410 e. The van der Waals surface area contributed by atoms with Crippen LogP contribution < -0.4 is 5.73 Å². The fourth-order valence-corrected chi connectivity index (χ4v) is 4.42. The maximum atomic E-state index is 12.6. The van der Waals surface area contributed by atoms with Gasteiger partial charge in [-0.05, 0) is 45.7 Å². The molecule has 10 heteroatoms. The summed E-state index contributed by atoms with van der Waals surface area (Å²) in [6.45, 7) is 6.70. The van der Waals surface area contributed by atoms with Gasteiger partial charge in [0.05, 0.1) is 11.4 Å². The minimum absolute atomic E-state index is 0.0655. The number of rotatable bonds is 3. The summed E-state index contributed by atoms with van der Waals surface area (Å²) in [5.41, 5.74) is 7.81. The zero-order chi connectivity index (χ0) is 23.0. The lowest BCUT2D eigenvalue weighted by atomic mass is 10.1. The number of anilines is 1. The first-order chi connectivity index (χ1) is 15.1. The summed E-state index contributed by atoms with van der Waals surface area (Å²) in [6, 6.07) is 7.33. The molecule has 9 nitrogen and oxygen atoms in total. The second-order valence-corrected chi connectivity index (χ2v) is 10.3. The number of nitrogens with zero attached hydrogens (tertiary/aromatic N) is 5. The van der Waals surface area contributed by atoms with Crippen LogP contribution in [0.5, 0.6) is 0 Å². The molecule has 2 aromatic heterocycles. The number of nitrogens with two attached hydrogens (primary N) is 1. The molecule has 1 aromatic carbocycles. The zero-order valence-electron chi connectivity index (χ0n) is 18.7. The van der Waals surface area contributed by atoms with Gasteiger partial charge in [0, 0.05) is 40.6 Å². The molecule has 1 aliphatic heterocycles. The zero-order valence-corrected chi connectivity index (χ0v) is 19.6. The average Bonchev–Trinajstić information content (AvgIpc) is 3.14. The second kappa shape index (κ2) is 8.50. The fourth-order valence-electron chi connectivity index (χ4n) is 3.90. The average molecular weight is 457 g/mol. The van der Waals surface area contributed by atoms with Crippen molar-refractivity contribution in [2.24, 2.45) is 0 Å². The third kappa shape index (κ3) is 4.45. The number of ether oxygens (including phenoxy) is 1. The molecule has 32 heavy (non-hydrogen) atoms. The second-order valence-electron chi connectivity index (χ2n) is 8.95. The summed E-state index contributed by atoms with van der Waals surface area (Å²) in [4.78, 5) is 23.7. The van der Waals surface area contributed by atoms with Crippen molar-refractivity contribution in [2.45, 2.75) is 50.2 Å². The summed E-state index contributed by atoms with van der Waals surface area (Å²) < 4.78 is 19.2. The SMILES string of the molecule is CS(=O)c1ccc(-c2nn([C@@H]3CCCN(C(=O)OC(C)(C)C)C3)c3ncnc(N)c23)cc1. The van der Waals surface area contributed by atoms with Crippen molar-refractivity contribution in [1.82, 2.24) is 24.6 Å². The Morgan fingerprint density at radius 3 is 2.59 bits per heavy atom. The lowest BCUT2D eigenvalue weighted by molar-refractivity contribution is 0.0169. The standard InChI is InChI=1S/C22H28N6O3S/c1-22(2,3)31-21(29)27-11-5-6-15(12-27)28-20-17(19(23)24-13-25-20)18(26-28)14-7-9-16(10-8-14)32(4)30/h7-10,13,15H,5-6,11-12H2,1-4H3,(H2,23,24,25)/t15-,32?/m1/s1. The van der Waals surface area contributed by atoms with Crippen LogP contribution >= 0.6 is 0 Å². The molecule has 1 aliphatic rings. The molecule has 0 saturated carbocycles. The van der Waals surface area contributed by atoms with Crippen molar-refractivity contribution in [3.8, 4) is 11.3 Å². The van der Waals surface area contributed by atoms with Gasteiger partial charge in [-0.1, -0.05) is 12.1 Å². The van der Waals surface area contributed by atoms with Crippen LogP contribution in [0.15, 0.2) is 35.5 Å². The summed E-state index contributed by atoms with van der Waals surface area (Å²) >= 11 is 0. The van der Waals surface area contributed by atoms with Crippen molar-refractivity contribution in [3.63, 3.8) is 0 Å². The molecule has 3 heterocycles. The van der Waals surface area contributed by atoms with Crippen molar-refractivity contribution in [1.29, 1.82) is 0 Å². The van der Waals surface area contributed by atoms with E-state index in [0.29, 0.717) is 35.6 Å². The number of benzene rings is 1.